The van der Waals surface area contributed by atoms with Crippen LogP contribution in [0.2, 0.25) is 0 Å². The molecule has 0 bridgehead atoms. The molecule has 0 amide bonds. The van der Waals surface area contributed by atoms with E-state index in [-0.39, 0.29) is 0 Å². The fourth-order valence-electron chi connectivity index (χ4n) is 1.79. The Labute approximate surface area is 113 Å². The van der Waals surface area contributed by atoms with Gasteiger partial charge in [-0.1, -0.05) is 0 Å². The number of rotatable bonds is 5. The Bertz CT molecular complexity index is 337. The second-order valence-corrected chi connectivity index (χ2v) is 7.18. The van der Waals surface area contributed by atoms with E-state index in [2.05, 4.69) is 39.1 Å². The minimum atomic E-state index is 0.824. The third kappa shape index (κ3) is 3.39. The highest BCUT2D eigenvalue weighted by Crippen LogP contribution is 2.34. The number of hydrogen-bond acceptors (Lipinski definition) is 4. The Kier molecular flexibility index (Phi) is 5.00. The summed E-state index contributed by atoms with van der Waals surface area (Å²) >= 11 is 7.29. The molecule has 2 heterocycles. The van der Waals surface area contributed by atoms with Crippen LogP contribution in [0.4, 0.5) is 0 Å². The summed E-state index contributed by atoms with van der Waals surface area (Å²) in [5.74, 6) is 1.34. The topological polar surface area (TPSA) is 21.3 Å². The van der Waals surface area contributed by atoms with Crippen LogP contribution in [0.1, 0.15) is 17.7 Å². The average molecular weight is 322 g/mol. The van der Waals surface area contributed by atoms with Crippen molar-refractivity contribution in [3.63, 3.8) is 0 Å². The molecule has 90 valence electrons. The molecule has 5 heteroatoms. The number of nitrogens with one attached hydrogen (secondary N) is 1. The summed E-state index contributed by atoms with van der Waals surface area (Å²) in [5, 5.41) is 5.31. The van der Waals surface area contributed by atoms with Crippen LogP contribution in [0.15, 0.2) is 10.5 Å². The van der Waals surface area contributed by atoms with Crippen molar-refractivity contribution in [1.82, 2.24) is 5.32 Å². The fourth-order valence-corrected chi connectivity index (χ4v) is 4.68. The molecule has 1 N–H and O–H groups in total. The van der Waals surface area contributed by atoms with Crippen molar-refractivity contribution in [1.29, 1.82) is 0 Å². The molecule has 16 heavy (non-hydrogen) atoms. The molecular formula is C11H16BrNOS2. The molecular weight excluding hydrogens is 306 g/mol. The minimum absolute atomic E-state index is 0.824. The minimum Gasteiger partial charge on any atom is -0.486 e. The molecule has 1 saturated heterocycles. The highest BCUT2D eigenvalue weighted by molar-refractivity contribution is 9.10. The van der Waals surface area contributed by atoms with Crippen LogP contribution in [0.25, 0.3) is 0 Å². The zero-order valence-electron chi connectivity index (χ0n) is 9.29. The van der Waals surface area contributed by atoms with E-state index in [0.29, 0.717) is 0 Å². The molecule has 1 aliphatic heterocycles. The maximum atomic E-state index is 5.25. The first-order valence-electron chi connectivity index (χ1n) is 5.44. The zero-order valence-corrected chi connectivity index (χ0v) is 12.5. The smallest absolute Gasteiger partial charge is 0.188 e. The first kappa shape index (κ1) is 12.7. The summed E-state index contributed by atoms with van der Waals surface area (Å²) in [7, 11) is 1.71. The van der Waals surface area contributed by atoms with Crippen molar-refractivity contribution in [2.24, 2.45) is 0 Å². The molecule has 2 rings (SSSR count). The Morgan fingerprint density at radius 1 is 1.62 bits per heavy atom. The average Bonchev–Trinajstić information content (AvgIpc) is 2.88. The van der Waals surface area contributed by atoms with Crippen molar-refractivity contribution in [3.8, 4) is 5.06 Å². The van der Waals surface area contributed by atoms with Crippen LogP contribution in [-0.2, 0) is 6.54 Å². The summed E-state index contributed by atoms with van der Waals surface area (Å²) in [4.78, 5) is 1.33. The molecule has 1 unspecified atom stereocenters. The van der Waals surface area contributed by atoms with Gasteiger partial charge in [-0.2, -0.15) is 11.8 Å². The van der Waals surface area contributed by atoms with Gasteiger partial charge in [0.25, 0.3) is 0 Å². The SMILES string of the molecule is COc1sc(CNCC2CCCS2)cc1Br. The van der Waals surface area contributed by atoms with Crippen molar-refractivity contribution in [2.75, 3.05) is 19.4 Å². The van der Waals surface area contributed by atoms with Crippen molar-refractivity contribution in [3.05, 3.63) is 15.4 Å². The summed E-state index contributed by atoms with van der Waals surface area (Å²) in [6.07, 6.45) is 2.75. The zero-order chi connectivity index (χ0) is 11.4. The molecule has 1 aliphatic rings. The lowest BCUT2D eigenvalue weighted by Gasteiger charge is -2.08. The highest BCUT2D eigenvalue weighted by atomic mass is 79.9. The fraction of sp³-hybridized carbons (Fsp3) is 0.636. The largest absolute Gasteiger partial charge is 0.486 e. The van der Waals surface area contributed by atoms with E-state index >= 15 is 0 Å². The molecule has 0 radical (unpaired) electrons. The van der Waals surface area contributed by atoms with Gasteiger partial charge in [0.2, 0.25) is 0 Å². The second-order valence-electron chi connectivity index (χ2n) is 3.82. The monoisotopic (exact) mass is 321 g/mol. The Morgan fingerprint density at radius 3 is 3.12 bits per heavy atom. The van der Waals surface area contributed by atoms with Gasteiger partial charge >= 0.3 is 0 Å². The van der Waals surface area contributed by atoms with Crippen LogP contribution in [0.3, 0.4) is 0 Å². The van der Waals surface area contributed by atoms with Crippen LogP contribution < -0.4 is 10.1 Å². The molecule has 0 aliphatic carbocycles. The first-order valence-corrected chi connectivity index (χ1v) is 8.10. The van der Waals surface area contributed by atoms with E-state index in [4.69, 9.17) is 4.74 Å². The number of methoxy groups -OCH3 is 1. The standard InChI is InChI=1S/C11H16BrNOS2/c1-14-11-10(12)5-9(16-11)7-13-6-8-3-2-4-15-8/h5,8,13H,2-4,6-7H2,1H3. The van der Waals surface area contributed by atoms with Gasteiger partial charge in [0, 0.05) is 23.2 Å². The van der Waals surface area contributed by atoms with Gasteiger partial charge in [-0.05, 0) is 40.6 Å². The molecule has 1 fully saturated rings. The van der Waals surface area contributed by atoms with E-state index in [1.54, 1.807) is 18.4 Å². The first-order chi connectivity index (χ1) is 7.79. The van der Waals surface area contributed by atoms with E-state index in [1.165, 1.54) is 23.5 Å². The predicted octanol–water partition coefficient (Wildman–Crippen LogP) is 3.50. The number of halogens is 1. The highest BCUT2D eigenvalue weighted by Gasteiger charge is 2.15. The third-order valence-electron chi connectivity index (χ3n) is 2.59. The predicted molar refractivity (Wildman–Crippen MR) is 75.8 cm³/mol. The van der Waals surface area contributed by atoms with Crippen molar-refractivity contribution < 1.29 is 4.74 Å². The lowest BCUT2D eigenvalue weighted by atomic mass is 10.2. The van der Waals surface area contributed by atoms with E-state index in [1.807, 2.05) is 0 Å². The van der Waals surface area contributed by atoms with Gasteiger partial charge in [0.05, 0.1) is 11.6 Å². The Hall–Kier alpha value is 0.290. The van der Waals surface area contributed by atoms with Gasteiger partial charge in [-0.3, -0.25) is 0 Å². The molecule has 1 aromatic heterocycles. The maximum absolute atomic E-state index is 5.25. The molecule has 1 atom stereocenters. The summed E-state index contributed by atoms with van der Waals surface area (Å²) in [6.45, 7) is 2.08. The lowest BCUT2D eigenvalue weighted by molar-refractivity contribution is 0.425. The van der Waals surface area contributed by atoms with Gasteiger partial charge in [0.1, 0.15) is 0 Å². The van der Waals surface area contributed by atoms with Crippen molar-refractivity contribution >= 4 is 39.0 Å². The van der Waals surface area contributed by atoms with Crippen LogP contribution in [0.5, 0.6) is 5.06 Å². The number of thiophene rings is 1. The lowest BCUT2D eigenvalue weighted by Crippen LogP contribution is -2.22. The quantitative estimate of drug-likeness (QED) is 0.896. The third-order valence-corrected chi connectivity index (χ3v) is 5.93. The van der Waals surface area contributed by atoms with Gasteiger partial charge in [0.15, 0.2) is 5.06 Å². The molecule has 0 saturated carbocycles. The Balaban J connectivity index is 1.75. The Morgan fingerprint density at radius 2 is 2.50 bits per heavy atom. The normalized spacial score (nSPS) is 20.2. The molecule has 1 aromatic rings. The van der Waals surface area contributed by atoms with Gasteiger partial charge in [-0.25, -0.2) is 0 Å². The van der Waals surface area contributed by atoms with Crippen molar-refractivity contribution in [2.45, 2.75) is 24.6 Å². The summed E-state index contributed by atoms with van der Waals surface area (Å²) in [5.41, 5.74) is 0. The molecule has 2 nitrogen and oxygen atoms in total. The number of hydrogen-bond donors (Lipinski definition) is 1. The number of ether oxygens (including phenoxy) is 1. The van der Waals surface area contributed by atoms with Crippen LogP contribution in [-0.4, -0.2) is 24.7 Å². The molecule has 0 spiro atoms. The number of thioether (sulfide) groups is 1. The van der Waals surface area contributed by atoms with E-state index < -0.39 is 0 Å². The van der Waals surface area contributed by atoms with Crippen LogP contribution in [0, 0.1) is 0 Å². The summed E-state index contributed by atoms with van der Waals surface area (Å²) < 4.78 is 6.31. The summed E-state index contributed by atoms with van der Waals surface area (Å²) in [6, 6.07) is 2.14. The second kappa shape index (κ2) is 6.28. The van der Waals surface area contributed by atoms with E-state index in [9.17, 15) is 0 Å². The van der Waals surface area contributed by atoms with Crippen LogP contribution >= 0.6 is 39.0 Å². The maximum Gasteiger partial charge on any atom is 0.188 e. The molecule has 0 aromatic carbocycles. The van der Waals surface area contributed by atoms with E-state index in [0.717, 1.165) is 27.9 Å². The van der Waals surface area contributed by atoms with Gasteiger partial charge < -0.3 is 10.1 Å². The van der Waals surface area contributed by atoms with Gasteiger partial charge in [-0.15, -0.1) is 11.3 Å².